The van der Waals surface area contributed by atoms with Crippen molar-refractivity contribution in [2.24, 2.45) is 11.8 Å². The average Bonchev–Trinajstić information content (AvgIpc) is 2.42. The van der Waals surface area contributed by atoms with Crippen LogP contribution in [0.3, 0.4) is 0 Å². The van der Waals surface area contributed by atoms with E-state index in [0.29, 0.717) is 0 Å². The van der Waals surface area contributed by atoms with Crippen molar-refractivity contribution < 1.29 is 0 Å². The summed E-state index contributed by atoms with van der Waals surface area (Å²) >= 11 is 0. The van der Waals surface area contributed by atoms with Crippen molar-refractivity contribution in [3.63, 3.8) is 0 Å². The summed E-state index contributed by atoms with van der Waals surface area (Å²) < 4.78 is 0. The first-order valence-electron chi connectivity index (χ1n) is 7.34. The molecular formula is C17H28. The number of hydrogen-bond acceptors (Lipinski definition) is 0. The first-order chi connectivity index (χ1) is 8.29. The van der Waals surface area contributed by atoms with Crippen LogP contribution < -0.4 is 0 Å². The van der Waals surface area contributed by atoms with Crippen molar-refractivity contribution in [3.05, 3.63) is 35.9 Å². The predicted octanol–water partition coefficient (Wildman–Crippen LogP) is 5.64. The highest BCUT2D eigenvalue weighted by Gasteiger charge is 2.28. The molecule has 1 fully saturated rings. The molecule has 0 bridgehead atoms. The minimum absolute atomic E-state index is 0.819. The zero-order chi connectivity index (χ0) is 12.7. The lowest BCUT2D eigenvalue weighted by Gasteiger charge is -2.34. The van der Waals surface area contributed by atoms with Crippen LogP contribution in [0.1, 0.15) is 64.9 Å². The highest BCUT2D eigenvalue weighted by Crippen LogP contribution is 2.41. The fraction of sp³-hybridized carbons (Fsp3) is 0.647. The normalized spacial score (nSPS) is 24.1. The van der Waals surface area contributed by atoms with Crippen molar-refractivity contribution >= 4 is 0 Å². The van der Waals surface area contributed by atoms with Crippen molar-refractivity contribution in [1.82, 2.24) is 0 Å². The Bertz CT molecular complexity index is 286. The Hall–Kier alpha value is -0.780. The monoisotopic (exact) mass is 232 g/mol. The molecule has 1 aromatic rings. The third kappa shape index (κ3) is 3.87. The molecule has 0 aromatic heterocycles. The van der Waals surface area contributed by atoms with Gasteiger partial charge in [0.2, 0.25) is 0 Å². The Morgan fingerprint density at radius 3 is 2.12 bits per heavy atom. The molecule has 0 spiro atoms. The SMILES string of the molecule is CC.CC(C)C1CCCCC1c1ccccc1. The maximum absolute atomic E-state index is 2.38. The Morgan fingerprint density at radius 2 is 1.53 bits per heavy atom. The van der Waals surface area contributed by atoms with E-state index in [4.69, 9.17) is 0 Å². The van der Waals surface area contributed by atoms with E-state index in [1.807, 2.05) is 13.8 Å². The van der Waals surface area contributed by atoms with E-state index in [1.54, 1.807) is 5.56 Å². The molecule has 0 radical (unpaired) electrons. The molecule has 0 heterocycles. The molecule has 2 atom stereocenters. The van der Waals surface area contributed by atoms with E-state index < -0.39 is 0 Å². The van der Waals surface area contributed by atoms with Gasteiger partial charge in [0, 0.05) is 0 Å². The summed E-state index contributed by atoms with van der Waals surface area (Å²) in [5.74, 6) is 2.55. The van der Waals surface area contributed by atoms with Crippen LogP contribution >= 0.6 is 0 Å². The van der Waals surface area contributed by atoms with Gasteiger partial charge in [0.25, 0.3) is 0 Å². The van der Waals surface area contributed by atoms with Crippen LogP contribution in [-0.4, -0.2) is 0 Å². The second-order valence-corrected chi connectivity index (χ2v) is 5.21. The van der Waals surface area contributed by atoms with E-state index in [0.717, 1.165) is 17.8 Å². The molecule has 1 saturated carbocycles. The summed E-state index contributed by atoms with van der Waals surface area (Å²) in [5, 5.41) is 0. The van der Waals surface area contributed by atoms with Gasteiger partial charge in [0.1, 0.15) is 0 Å². The van der Waals surface area contributed by atoms with Crippen LogP contribution in [-0.2, 0) is 0 Å². The summed E-state index contributed by atoms with van der Waals surface area (Å²) in [5.41, 5.74) is 1.57. The molecule has 0 saturated heterocycles. The molecule has 0 aliphatic heterocycles. The zero-order valence-corrected chi connectivity index (χ0v) is 11.9. The van der Waals surface area contributed by atoms with Crippen LogP contribution in [0, 0.1) is 11.8 Å². The Labute approximate surface area is 107 Å². The lowest BCUT2D eigenvalue weighted by Crippen LogP contribution is -2.22. The molecule has 0 heteroatoms. The molecule has 0 amide bonds. The molecule has 0 nitrogen and oxygen atoms in total. The van der Waals surface area contributed by atoms with Crippen LogP contribution in [0.15, 0.2) is 30.3 Å². The molecule has 96 valence electrons. The Kier molecular flexibility index (Phi) is 6.32. The van der Waals surface area contributed by atoms with E-state index in [1.165, 1.54) is 25.7 Å². The lowest BCUT2D eigenvalue weighted by molar-refractivity contribution is 0.238. The zero-order valence-electron chi connectivity index (χ0n) is 11.9. The topological polar surface area (TPSA) is 0 Å². The van der Waals surface area contributed by atoms with Crippen LogP contribution in [0.2, 0.25) is 0 Å². The molecule has 17 heavy (non-hydrogen) atoms. The van der Waals surface area contributed by atoms with Crippen molar-refractivity contribution in [2.75, 3.05) is 0 Å². The first-order valence-corrected chi connectivity index (χ1v) is 7.34. The van der Waals surface area contributed by atoms with Gasteiger partial charge < -0.3 is 0 Å². The summed E-state index contributed by atoms with van der Waals surface area (Å²) in [4.78, 5) is 0. The van der Waals surface area contributed by atoms with Gasteiger partial charge >= 0.3 is 0 Å². The smallest absolute Gasteiger partial charge is 0.0131 e. The van der Waals surface area contributed by atoms with Gasteiger partial charge in [0.15, 0.2) is 0 Å². The van der Waals surface area contributed by atoms with Crippen molar-refractivity contribution in [3.8, 4) is 0 Å². The van der Waals surface area contributed by atoms with Gasteiger partial charge in [-0.15, -0.1) is 0 Å². The van der Waals surface area contributed by atoms with E-state index in [2.05, 4.69) is 44.2 Å². The molecule has 1 aromatic carbocycles. The second kappa shape index (κ2) is 7.53. The standard InChI is InChI=1S/C15H22.C2H6/c1-12(2)14-10-6-7-11-15(14)13-8-4-3-5-9-13;1-2/h3-5,8-9,12,14-15H,6-7,10-11H2,1-2H3;1-2H3. The van der Waals surface area contributed by atoms with E-state index in [9.17, 15) is 0 Å². The molecule has 0 N–H and O–H groups in total. The third-order valence-corrected chi connectivity index (χ3v) is 3.90. The maximum Gasteiger partial charge on any atom is -0.0131 e. The second-order valence-electron chi connectivity index (χ2n) is 5.21. The Balaban J connectivity index is 0.000000686. The van der Waals surface area contributed by atoms with Gasteiger partial charge in [-0.05, 0) is 36.2 Å². The average molecular weight is 232 g/mol. The van der Waals surface area contributed by atoms with Gasteiger partial charge in [0.05, 0.1) is 0 Å². The highest BCUT2D eigenvalue weighted by atomic mass is 14.3. The van der Waals surface area contributed by atoms with Gasteiger partial charge in [-0.25, -0.2) is 0 Å². The molecule has 1 aliphatic rings. The lowest BCUT2D eigenvalue weighted by atomic mass is 9.71. The van der Waals surface area contributed by atoms with Crippen LogP contribution in [0.5, 0.6) is 0 Å². The van der Waals surface area contributed by atoms with E-state index in [-0.39, 0.29) is 0 Å². The van der Waals surface area contributed by atoms with E-state index >= 15 is 0 Å². The number of benzene rings is 1. The van der Waals surface area contributed by atoms with Crippen molar-refractivity contribution in [2.45, 2.75) is 59.3 Å². The fourth-order valence-corrected chi connectivity index (χ4v) is 3.07. The Morgan fingerprint density at radius 1 is 0.941 bits per heavy atom. The number of rotatable bonds is 2. The van der Waals surface area contributed by atoms with Gasteiger partial charge in [-0.1, -0.05) is 70.9 Å². The minimum atomic E-state index is 0.819. The number of hydrogen-bond donors (Lipinski definition) is 0. The molecule has 2 rings (SSSR count). The molecular weight excluding hydrogens is 204 g/mol. The van der Waals surface area contributed by atoms with Gasteiger partial charge in [-0.2, -0.15) is 0 Å². The summed E-state index contributed by atoms with van der Waals surface area (Å²) in [6, 6.07) is 11.1. The first kappa shape index (κ1) is 14.3. The fourth-order valence-electron chi connectivity index (χ4n) is 3.07. The minimum Gasteiger partial charge on any atom is -0.0683 e. The highest BCUT2D eigenvalue weighted by molar-refractivity contribution is 5.21. The van der Waals surface area contributed by atoms with Crippen molar-refractivity contribution in [1.29, 1.82) is 0 Å². The summed E-state index contributed by atoms with van der Waals surface area (Å²) in [6.07, 6.45) is 5.68. The molecule has 1 aliphatic carbocycles. The largest absolute Gasteiger partial charge is 0.0683 e. The molecule has 2 unspecified atom stereocenters. The van der Waals surface area contributed by atoms with Crippen LogP contribution in [0.4, 0.5) is 0 Å². The van der Waals surface area contributed by atoms with Gasteiger partial charge in [-0.3, -0.25) is 0 Å². The maximum atomic E-state index is 2.38. The summed E-state index contributed by atoms with van der Waals surface area (Å²) in [6.45, 7) is 8.76. The van der Waals surface area contributed by atoms with Crippen LogP contribution in [0.25, 0.3) is 0 Å². The quantitative estimate of drug-likeness (QED) is 0.618. The third-order valence-electron chi connectivity index (χ3n) is 3.90. The summed E-state index contributed by atoms with van der Waals surface area (Å²) in [7, 11) is 0. The predicted molar refractivity (Wildman–Crippen MR) is 77.3 cm³/mol.